The van der Waals surface area contributed by atoms with Crippen molar-refractivity contribution in [1.82, 2.24) is 29.5 Å². The summed E-state index contributed by atoms with van der Waals surface area (Å²) in [4.78, 5) is 16.9. The number of hydrogen-bond donors (Lipinski definition) is 2. The summed E-state index contributed by atoms with van der Waals surface area (Å²) < 4.78 is 25.3. The van der Waals surface area contributed by atoms with Crippen LogP contribution in [-0.2, 0) is 10.0 Å². The second kappa shape index (κ2) is 8.36. The van der Waals surface area contributed by atoms with Crippen molar-refractivity contribution in [3.8, 4) is 11.3 Å². The molecule has 0 bridgehead atoms. The van der Waals surface area contributed by atoms with Gasteiger partial charge in [-0.2, -0.15) is 9.40 Å². The van der Waals surface area contributed by atoms with Gasteiger partial charge in [0.05, 0.1) is 18.1 Å². The molecule has 1 aliphatic heterocycles. The van der Waals surface area contributed by atoms with Crippen molar-refractivity contribution in [1.29, 1.82) is 0 Å². The number of fused-ring (bicyclic) bond motifs is 1. The fourth-order valence-corrected chi connectivity index (χ4v) is 5.76. The standard InChI is InChI=1S/C21H24N8O2S2/c1-13-12-28(33(3,30)31)8-9-29(13)15-6-7-22-19(10-15)26-21-25-18-5-4-17(24-20(18)32-21)16-11-23-27-14(16)2/h4-7,10-11,13H,8-9,12H2,1-3H3,(H,23,27)(H,22,25,26). The number of sulfonamides is 1. The molecule has 1 saturated heterocycles. The van der Waals surface area contributed by atoms with Gasteiger partial charge in [0.15, 0.2) is 5.13 Å². The fourth-order valence-electron chi connectivity index (χ4n) is 4.01. The summed E-state index contributed by atoms with van der Waals surface area (Å²) in [6.45, 7) is 5.55. The summed E-state index contributed by atoms with van der Waals surface area (Å²) in [5.74, 6) is 0.676. The van der Waals surface area contributed by atoms with Gasteiger partial charge in [-0.25, -0.2) is 23.4 Å². The lowest BCUT2D eigenvalue weighted by molar-refractivity contribution is 0.345. The summed E-state index contributed by atoms with van der Waals surface area (Å²) in [5, 5.41) is 11.0. The number of hydrogen-bond acceptors (Lipinski definition) is 9. The molecule has 5 heterocycles. The van der Waals surface area contributed by atoms with Crippen LogP contribution in [0.4, 0.5) is 16.6 Å². The van der Waals surface area contributed by atoms with Crippen LogP contribution in [0.25, 0.3) is 21.6 Å². The second-order valence-electron chi connectivity index (χ2n) is 8.14. The first kappa shape index (κ1) is 21.7. The molecule has 172 valence electrons. The van der Waals surface area contributed by atoms with Gasteiger partial charge in [-0.05, 0) is 32.0 Å². The number of aromatic nitrogens is 5. The molecule has 12 heteroatoms. The molecule has 4 aromatic rings. The van der Waals surface area contributed by atoms with Crippen LogP contribution in [0, 0.1) is 6.92 Å². The average Bonchev–Trinajstić information content (AvgIpc) is 3.37. The van der Waals surface area contributed by atoms with E-state index in [2.05, 4.69) is 30.4 Å². The third-order valence-electron chi connectivity index (χ3n) is 5.73. The quantitative estimate of drug-likeness (QED) is 0.444. The van der Waals surface area contributed by atoms with Gasteiger partial charge in [0.2, 0.25) is 10.0 Å². The van der Waals surface area contributed by atoms with E-state index in [0.717, 1.165) is 33.0 Å². The minimum atomic E-state index is -3.18. The number of pyridine rings is 2. The Kier molecular flexibility index (Phi) is 5.51. The number of nitrogens with zero attached hydrogens (tertiary/aromatic N) is 6. The Bertz CT molecular complexity index is 1410. The smallest absolute Gasteiger partial charge is 0.211 e. The van der Waals surface area contributed by atoms with Gasteiger partial charge in [-0.3, -0.25) is 5.10 Å². The zero-order valence-corrected chi connectivity index (χ0v) is 20.1. The first-order valence-corrected chi connectivity index (χ1v) is 13.2. The van der Waals surface area contributed by atoms with E-state index in [4.69, 9.17) is 4.98 Å². The SMILES string of the molecule is Cc1[nH]ncc1-c1ccc2nc(Nc3cc(N4CCN(S(C)(=O)=O)CC4C)ccn3)sc2n1. The van der Waals surface area contributed by atoms with E-state index in [9.17, 15) is 8.42 Å². The summed E-state index contributed by atoms with van der Waals surface area (Å²) in [6, 6.07) is 7.86. The third-order valence-corrected chi connectivity index (χ3v) is 7.88. The number of H-pyrrole nitrogens is 1. The molecule has 2 N–H and O–H groups in total. The molecular formula is C21H24N8O2S2. The topological polar surface area (TPSA) is 120 Å². The number of thiazole rings is 1. The largest absolute Gasteiger partial charge is 0.366 e. The number of aryl methyl sites for hydroxylation is 1. The molecule has 1 aliphatic rings. The molecule has 33 heavy (non-hydrogen) atoms. The molecule has 0 spiro atoms. The Labute approximate surface area is 195 Å². The van der Waals surface area contributed by atoms with Crippen LogP contribution in [0.3, 0.4) is 0 Å². The van der Waals surface area contributed by atoms with E-state index in [1.54, 1.807) is 12.4 Å². The highest BCUT2D eigenvalue weighted by Crippen LogP contribution is 2.31. The monoisotopic (exact) mass is 484 g/mol. The van der Waals surface area contributed by atoms with Gasteiger partial charge in [-0.1, -0.05) is 11.3 Å². The summed E-state index contributed by atoms with van der Waals surface area (Å²) in [6.07, 6.45) is 4.78. The molecule has 1 atom stereocenters. The normalized spacial score (nSPS) is 17.5. The van der Waals surface area contributed by atoms with Crippen molar-refractivity contribution in [2.24, 2.45) is 0 Å². The van der Waals surface area contributed by atoms with E-state index in [1.807, 2.05) is 38.1 Å². The van der Waals surface area contributed by atoms with Crippen molar-refractivity contribution < 1.29 is 8.42 Å². The number of piperazine rings is 1. The molecule has 0 aliphatic carbocycles. The van der Waals surface area contributed by atoms with Crippen molar-refractivity contribution in [3.05, 3.63) is 42.4 Å². The number of rotatable bonds is 5. The fraction of sp³-hybridized carbons (Fsp3) is 0.333. The van der Waals surface area contributed by atoms with Gasteiger partial charge >= 0.3 is 0 Å². The zero-order chi connectivity index (χ0) is 23.2. The van der Waals surface area contributed by atoms with Gasteiger partial charge in [0.25, 0.3) is 0 Å². The van der Waals surface area contributed by atoms with Crippen LogP contribution < -0.4 is 10.2 Å². The Hall–Kier alpha value is -3.09. The molecule has 4 aromatic heterocycles. The van der Waals surface area contributed by atoms with Gasteiger partial charge in [0, 0.05) is 54.9 Å². The summed E-state index contributed by atoms with van der Waals surface area (Å²) in [5.41, 5.74) is 4.60. The predicted molar refractivity (Wildman–Crippen MR) is 130 cm³/mol. The van der Waals surface area contributed by atoms with Crippen LogP contribution in [0.5, 0.6) is 0 Å². The van der Waals surface area contributed by atoms with Gasteiger partial charge < -0.3 is 10.2 Å². The Balaban J connectivity index is 1.35. The molecule has 0 radical (unpaired) electrons. The lowest BCUT2D eigenvalue weighted by atomic mass is 10.2. The lowest BCUT2D eigenvalue weighted by Crippen LogP contribution is -2.53. The summed E-state index contributed by atoms with van der Waals surface area (Å²) in [7, 11) is -3.18. The van der Waals surface area contributed by atoms with Gasteiger partial charge in [0.1, 0.15) is 16.2 Å². The predicted octanol–water partition coefficient (Wildman–Crippen LogP) is 3.00. The maximum atomic E-state index is 11.9. The van der Waals surface area contributed by atoms with E-state index in [0.29, 0.717) is 30.6 Å². The minimum Gasteiger partial charge on any atom is -0.366 e. The van der Waals surface area contributed by atoms with Crippen molar-refractivity contribution in [2.45, 2.75) is 19.9 Å². The molecule has 10 nitrogen and oxygen atoms in total. The van der Waals surface area contributed by atoms with Crippen molar-refractivity contribution >= 4 is 48.3 Å². The Morgan fingerprint density at radius 2 is 2.06 bits per heavy atom. The molecule has 0 aromatic carbocycles. The second-order valence-corrected chi connectivity index (χ2v) is 11.1. The number of anilines is 3. The van der Waals surface area contributed by atoms with Crippen LogP contribution in [0.2, 0.25) is 0 Å². The molecule has 1 fully saturated rings. The van der Waals surface area contributed by atoms with E-state index >= 15 is 0 Å². The van der Waals surface area contributed by atoms with Crippen LogP contribution in [0.15, 0.2) is 36.7 Å². The average molecular weight is 485 g/mol. The van der Waals surface area contributed by atoms with Crippen LogP contribution in [-0.4, -0.2) is 69.8 Å². The summed E-state index contributed by atoms with van der Waals surface area (Å²) >= 11 is 1.46. The van der Waals surface area contributed by atoms with Gasteiger partial charge in [-0.15, -0.1) is 0 Å². The van der Waals surface area contributed by atoms with Crippen LogP contribution >= 0.6 is 11.3 Å². The molecule has 0 amide bonds. The number of nitrogens with one attached hydrogen (secondary N) is 2. The maximum Gasteiger partial charge on any atom is 0.211 e. The first-order chi connectivity index (χ1) is 15.8. The Morgan fingerprint density at radius 1 is 1.21 bits per heavy atom. The third kappa shape index (κ3) is 4.41. The maximum absolute atomic E-state index is 11.9. The van der Waals surface area contributed by atoms with E-state index in [-0.39, 0.29) is 6.04 Å². The highest BCUT2D eigenvalue weighted by Gasteiger charge is 2.29. The molecule has 1 unspecified atom stereocenters. The Morgan fingerprint density at radius 3 is 2.79 bits per heavy atom. The lowest BCUT2D eigenvalue weighted by Gasteiger charge is -2.40. The van der Waals surface area contributed by atoms with Crippen LogP contribution in [0.1, 0.15) is 12.6 Å². The molecule has 0 saturated carbocycles. The van der Waals surface area contributed by atoms with Crippen molar-refractivity contribution in [2.75, 3.05) is 36.1 Å². The zero-order valence-electron chi connectivity index (χ0n) is 18.5. The highest BCUT2D eigenvalue weighted by molar-refractivity contribution is 7.88. The van der Waals surface area contributed by atoms with E-state index < -0.39 is 10.0 Å². The first-order valence-electron chi connectivity index (χ1n) is 10.5. The highest BCUT2D eigenvalue weighted by atomic mass is 32.2. The molecule has 5 rings (SSSR count). The molecular weight excluding hydrogens is 460 g/mol. The minimum absolute atomic E-state index is 0.0557. The number of aromatic amines is 1. The van der Waals surface area contributed by atoms with Crippen molar-refractivity contribution in [3.63, 3.8) is 0 Å². The van der Waals surface area contributed by atoms with E-state index in [1.165, 1.54) is 21.9 Å².